The van der Waals surface area contributed by atoms with E-state index in [1.807, 2.05) is 13.0 Å². The minimum atomic E-state index is -0.0830. The van der Waals surface area contributed by atoms with E-state index < -0.39 is 0 Å². The number of anilines is 1. The Morgan fingerprint density at radius 1 is 1.52 bits per heavy atom. The molecule has 1 amide bonds. The number of nitrogens with one attached hydrogen (secondary N) is 1. The first kappa shape index (κ1) is 14.3. The molecule has 112 valence electrons. The molecule has 1 fully saturated rings. The van der Waals surface area contributed by atoms with Crippen LogP contribution in [0.1, 0.15) is 29.4 Å². The van der Waals surface area contributed by atoms with Crippen molar-refractivity contribution in [3.05, 3.63) is 23.3 Å². The molecule has 21 heavy (non-hydrogen) atoms. The molecule has 5 nitrogen and oxygen atoms in total. The van der Waals surface area contributed by atoms with E-state index >= 15 is 0 Å². The standard InChI is InChI=1S/C15H20N4OS/c1-10(9-19-6-2-3-7-19)18-15(20)14-13(16)11-4-5-17-8-12(11)21-14/h4-5,8,10H,2-3,6-7,9,16H2,1H3,(H,18,20). The van der Waals surface area contributed by atoms with Gasteiger partial charge in [-0.15, -0.1) is 11.3 Å². The number of fused-ring (bicyclic) bond motifs is 1. The van der Waals surface area contributed by atoms with E-state index in [2.05, 4.69) is 15.2 Å². The molecule has 3 heterocycles. The van der Waals surface area contributed by atoms with Crippen LogP contribution < -0.4 is 11.1 Å². The van der Waals surface area contributed by atoms with E-state index in [1.165, 1.54) is 24.2 Å². The van der Waals surface area contributed by atoms with Crippen LogP contribution in [0.2, 0.25) is 0 Å². The van der Waals surface area contributed by atoms with Gasteiger partial charge in [0.1, 0.15) is 4.88 Å². The highest BCUT2D eigenvalue weighted by Crippen LogP contribution is 2.32. The summed E-state index contributed by atoms with van der Waals surface area (Å²) in [4.78, 5) is 19.5. The van der Waals surface area contributed by atoms with Gasteiger partial charge in [-0.05, 0) is 38.9 Å². The van der Waals surface area contributed by atoms with Crippen molar-refractivity contribution in [2.75, 3.05) is 25.4 Å². The molecule has 6 heteroatoms. The van der Waals surface area contributed by atoms with E-state index in [1.54, 1.807) is 12.4 Å². The van der Waals surface area contributed by atoms with Crippen molar-refractivity contribution in [1.29, 1.82) is 0 Å². The molecule has 1 aliphatic heterocycles. The fourth-order valence-electron chi connectivity index (χ4n) is 2.83. The first-order chi connectivity index (χ1) is 10.1. The lowest BCUT2D eigenvalue weighted by Gasteiger charge is -2.21. The maximum Gasteiger partial charge on any atom is 0.263 e. The second kappa shape index (κ2) is 5.99. The van der Waals surface area contributed by atoms with Crippen molar-refractivity contribution in [2.24, 2.45) is 0 Å². The van der Waals surface area contributed by atoms with Crippen molar-refractivity contribution in [3.63, 3.8) is 0 Å². The zero-order valence-electron chi connectivity index (χ0n) is 12.1. The molecule has 3 N–H and O–H groups in total. The summed E-state index contributed by atoms with van der Waals surface area (Å²) in [5, 5.41) is 3.96. The van der Waals surface area contributed by atoms with Crippen LogP contribution in [0.5, 0.6) is 0 Å². The predicted molar refractivity (Wildman–Crippen MR) is 86.6 cm³/mol. The van der Waals surface area contributed by atoms with E-state index in [-0.39, 0.29) is 11.9 Å². The van der Waals surface area contributed by atoms with Crippen molar-refractivity contribution >= 4 is 33.0 Å². The average Bonchev–Trinajstić information content (AvgIpc) is 3.07. The number of aromatic nitrogens is 1. The van der Waals surface area contributed by atoms with Crippen molar-refractivity contribution in [1.82, 2.24) is 15.2 Å². The number of nitrogens with two attached hydrogens (primary N) is 1. The van der Waals surface area contributed by atoms with Gasteiger partial charge < -0.3 is 16.0 Å². The van der Waals surface area contributed by atoms with Gasteiger partial charge in [-0.1, -0.05) is 0 Å². The molecule has 0 bridgehead atoms. The lowest BCUT2D eigenvalue weighted by molar-refractivity contribution is 0.0937. The number of hydrogen-bond donors (Lipinski definition) is 2. The number of carbonyl (C=O) groups excluding carboxylic acids is 1. The highest BCUT2D eigenvalue weighted by molar-refractivity contribution is 7.21. The largest absolute Gasteiger partial charge is 0.397 e. The van der Waals surface area contributed by atoms with Gasteiger partial charge in [0.05, 0.1) is 10.4 Å². The van der Waals surface area contributed by atoms with Crippen LogP contribution in [0.15, 0.2) is 18.5 Å². The number of nitrogens with zero attached hydrogens (tertiary/aromatic N) is 2. The van der Waals surface area contributed by atoms with Gasteiger partial charge in [-0.2, -0.15) is 0 Å². The molecular weight excluding hydrogens is 284 g/mol. The molecular formula is C15H20N4OS. The van der Waals surface area contributed by atoms with Gasteiger partial charge in [0.15, 0.2) is 0 Å². The summed E-state index contributed by atoms with van der Waals surface area (Å²) >= 11 is 1.40. The fraction of sp³-hybridized carbons (Fsp3) is 0.467. The average molecular weight is 304 g/mol. The van der Waals surface area contributed by atoms with Crippen molar-refractivity contribution < 1.29 is 4.79 Å². The Morgan fingerprint density at radius 2 is 2.29 bits per heavy atom. The Kier molecular flexibility index (Phi) is 4.07. The summed E-state index contributed by atoms with van der Waals surface area (Å²) in [7, 11) is 0. The second-order valence-electron chi connectivity index (χ2n) is 5.60. The molecule has 0 aliphatic carbocycles. The smallest absolute Gasteiger partial charge is 0.263 e. The second-order valence-corrected chi connectivity index (χ2v) is 6.65. The number of likely N-dealkylation sites (tertiary alicyclic amines) is 1. The molecule has 0 saturated carbocycles. The number of carbonyl (C=O) groups is 1. The lowest BCUT2D eigenvalue weighted by Crippen LogP contribution is -2.41. The van der Waals surface area contributed by atoms with Crippen LogP contribution >= 0.6 is 11.3 Å². The third-order valence-electron chi connectivity index (χ3n) is 3.85. The maximum absolute atomic E-state index is 12.4. The van der Waals surface area contributed by atoms with Gasteiger partial charge in [0, 0.05) is 30.4 Å². The number of hydrogen-bond acceptors (Lipinski definition) is 5. The van der Waals surface area contributed by atoms with E-state index in [4.69, 9.17) is 5.73 Å². The van der Waals surface area contributed by atoms with Crippen LogP contribution in [0.3, 0.4) is 0 Å². The summed E-state index contributed by atoms with van der Waals surface area (Å²) < 4.78 is 0.951. The molecule has 3 rings (SSSR count). The SMILES string of the molecule is CC(CN1CCCC1)NC(=O)c1sc2cnccc2c1N. The summed E-state index contributed by atoms with van der Waals surface area (Å²) in [6, 6.07) is 1.98. The van der Waals surface area contributed by atoms with Gasteiger partial charge in [0.25, 0.3) is 5.91 Å². The van der Waals surface area contributed by atoms with Crippen molar-refractivity contribution in [2.45, 2.75) is 25.8 Å². The minimum Gasteiger partial charge on any atom is -0.397 e. The quantitative estimate of drug-likeness (QED) is 0.907. The zero-order chi connectivity index (χ0) is 14.8. The first-order valence-corrected chi connectivity index (χ1v) is 8.12. The van der Waals surface area contributed by atoms with Crippen LogP contribution in [0.25, 0.3) is 10.1 Å². The molecule has 0 spiro atoms. The zero-order valence-corrected chi connectivity index (χ0v) is 12.9. The molecule has 1 atom stereocenters. The molecule has 1 aliphatic rings. The third kappa shape index (κ3) is 3.01. The molecule has 0 aromatic carbocycles. The number of rotatable bonds is 4. The first-order valence-electron chi connectivity index (χ1n) is 7.30. The fourth-order valence-corrected chi connectivity index (χ4v) is 3.82. The van der Waals surface area contributed by atoms with Gasteiger partial charge in [-0.25, -0.2) is 0 Å². The summed E-state index contributed by atoms with van der Waals surface area (Å²) in [6.45, 7) is 5.22. The number of pyridine rings is 1. The normalized spacial score (nSPS) is 17.2. The number of amides is 1. The molecule has 1 saturated heterocycles. The Labute approximate surface area is 128 Å². The minimum absolute atomic E-state index is 0.0830. The van der Waals surface area contributed by atoms with E-state index in [0.29, 0.717) is 10.6 Å². The van der Waals surface area contributed by atoms with Gasteiger partial charge in [-0.3, -0.25) is 9.78 Å². The third-order valence-corrected chi connectivity index (χ3v) is 5.00. The molecule has 2 aromatic rings. The highest BCUT2D eigenvalue weighted by Gasteiger charge is 2.20. The monoisotopic (exact) mass is 304 g/mol. The Balaban J connectivity index is 1.70. The Morgan fingerprint density at radius 3 is 3.00 bits per heavy atom. The summed E-state index contributed by atoms with van der Waals surface area (Å²) in [6.07, 6.45) is 5.97. The van der Waals surface area contributed by atoms with E-state index in [9.17, 15) is 4.79 Å². The van der Waals surface area contributed by atoms with E-state index in [0.717, 1.165) is 29.7 Å². The van der Waals surface area contributed by atoms with Crippen LogP contribution in [-0.4, -0.2) is 41.5 Å². The van der Waals surface area contributed by atoms with Gasteiger partial charge in [0.2, 0.25) is 0 Å². The molecule has 2 aromatic heterocycles. The van der Waals surface area contributed by atoms with Crippen LogP contribution in [-0.2, 0) is 0 Å². The predicted octanol–water partition coefficient (Wildman–Crippen LogP) is 2.09. The Bertz CT molecular complexity index is 648. The highest BCUT2D eigenvalue weighted by atomic mass is 32.1. The van der Waals surface area contributed by atoms with Crippen LogP contribution in [0.4, 0.5) is 5.69 Å². The summed E-state index contributed by atoms with van der Waals surface area (Å²) in [5.74, 6) is -0.0830. The lowest BCUT2D eigenvalue weighted by atomic mass is 10.2. The van der Waals surface area contributed by atoms with Gasteiger partial charge >= 0.3 is 0 Å². The van der Waals surface area contributed by atoms with Crippen LogP contribution in [0, 0.1) is 0 Å². The van der Waals surface area contributed by atoms with Crippen molar-refractivity contribution in [3.8, 4) is 0 Å². The maximum atomic E-state index is 12.4. The summed E-state index contributed by atoms with van der Waals surface area (Å²) in [5.41, 5.74) is 6.65. The molecule has 1 unspecified atom stereocenters. The molecule has 0 radical (unpaired) electrons. The Hall–Kier alpha value is -1.66. The number of thiophene rings is 1. The number of nitrogen functional groups attached to an aromatic ring is 1. The topological polar surface area (TPSA) is 71.2 Å².